The van der Waals surface area contributed by atoms with Gasteiger partial charge in [0.2, 0.25) is 0 Å². The quantitative estimate of drug-likeness (QED) is 0.758. The predicted molar refractivity (Wildman–Crippen MR) is 79.4 cm³/mol. The number of nitrogens with zero attached hydrogens (tertiary/aromatic N) is 2. The molecule has 0 amide bonds. The van der Waals surface area contributed by atoms with E-state index in [9.17, 15) is 0 Å². The highest BCUT2D eigenvalue weighted by Gasteiger charge is 2.14. The SMILES string of the molecule is CC(C)(C)CNc1cc(NCC2CCNC2)ncn1. The number of rotatable bonds is 5. The summed E-state index contributed by atoms with van der Waals surface area (Å²) in [5.41, 5.74) is 0.244. The third-order valence-corrected chi connectivity index (χ3v) is 3.20. The lowest BCUT2D eigenvalue weighted by molar-refractivity contribution is 0.442. The summed E-state index contributed by atoms with van der Waals surface area (Å²) in [6.07, 6.45) is 2.85. The molecule has 1 unspecified atom stereocenters. The van der Waals surface area contributed by atoms with Crippen molar-refractivity contribution in [3.8, 4) is 0 Å². The highest BCUT2D eigenvalue weighted by molar-refractivity contribution is 5.46. The van der Waals surface area contributed by atoms with Crippen molar-refractivity contribution in [1.82, 2.24) is 15.3 Å². The molecule has 1 aliphatic heterocycles. The van der Waals surface area contributed by atoms with E-state index < -0.39 is 0 Å². The fourth-order valence-corrected chi connectivity index (χ4v) is 2.04. The van der Waals surface area contributed by atoms with Gasteiger partial charge < -0.3 is 16.0 Å². The average molecular weight is 263 g/mol. The fraction of sp³-hybridized carbons (Fsp3) is 0.714. The van der Waals surface area contributed by atoms with E-state index >= 15 is 0 Å². The Morgan fingerprint density at radius 1 is 1.26 bits per heavy atom. The Morgan fingerprint density at radius 3 is 2.63 bits per heavy atom. The molecule has 1 aromatic heterocycles. The van der Waals surface area contributed by atoms with Gasteiger partial charge in [0.05, 0.1) is 0 Å². The first-order chi connectivity index (χ1) is 9.03. The molecule has 1 atom stereocenters. The number of hydrogen-bond acceptors (Lipinski definition) is 5. The normalized spacial score (nSPS) is 19.4. The molecule has 106 valence electrons. The Balaban J connectivity index is 1.84. The third kappa shape index (κ3) is 5.03. The maximum atomic E-state index is 4.26. The summed E-state index contributed by atoms with van der Waals surface area (Å²) < 4.78 is 0. The number of aromatic nitrogens is 2. The van der Waals surface area contributed by atoms with Crippen molar-refractivity contribution in [3.05, 3.63) is 12.4 Å². The molecule has 2 heterocycles. The van der Waals surface area contributed by atoms with E-state index in [1.165, 1.54) is 6.42 Å². The summed E-state index contributed by atoms with van der Waals surface area (Å²) in [5.74, 6) is 2.50. The largest absolute Gasteiger partial charge is 0.370 e. The third-order valence-electron chi connectivity index (χ3n) is 3.20. The van der Waals surface area contributed by atoms with E-state index in [2.05, 4.69) is 46.7 Å². The van der Waals surface area contributed by atoms with Gasteiger partial charge in [-0.15, -0.1) is 0 Å². The van der Waals surface area contributed by atoms with Crippen LogP contribution in [0.5, 0.6) is 0 Å². The summed E-state index contributed by atoms with van der Waals surface area (Å²) >= 11 is 0. The van der Waals surface area contributed by atoms with Crippen LogP contribution in [-0.4, -0.2) is 36.1 Å². The molecule has 0 aliphatic carbocycles. The molecule has 3 N–H and O–H groups in total. The fourth-order valence-electron chi connectivity index (χ4n) is 2.04. The lowest BCUT2D eigenvalue weighted by Crippen LogP contribution is -2.20. The molecule has 5 heteroatoms. The average Bonchev–Trinajstić information content (AvgIpc) is 2.87. The lowest BCUT2D eigenvalue weighted by Gasteiger charge is -2.19. The summed E-state index contributed by atoms with van der Waals surface area (Å²) in [5, 5.41) is 10.1. The topological polar surface area (TPSA) is 61.9 Å². The summed E-state index contributed by atoms with van der Waals surface area (Å²) in [6, 6.07) is 1.98. The molecular formula is C14H25N5. The minimum Gasteiger partial charge on any atom is -0.370 e. The molecular weight excluding hydrogens is 238 g/mol. The van der Waals surface area contributed by atoms with E-state index in [0.29, 0.717) is 5.92 Å². The smallest absolute Gasteiger partial charge is 0.131 e. The van der Waals surface area contributed by atoms with Crippen LogP contribution in [0, 0.1) is 11.3 Å². The Morgan fingerprint density at radius 2 is 2.00 bits per heavy atom. The van der Waals surface area contributed by atoms with Gasteiger partial charge in [0.1, 0.15) is 18.0 Å². The minimum absolute atomic E-state index is 0.244. The zero-order chi connectivity index (χ0) is 13.7. The van der Waals surface area contributed by atoms with E-state index in [1.54, 1.807) is 6.33 Å². The Labute approximate surface area is 115 Å². The summed E-state index contributed by atoms with van der Waals surface area (Å²) in [7, 11) is 0. The van der Waals surface area contributed by atoms with Gasteiger partial charge in [0.25, 0.3) is 0 Å². The van der Waals surface area contributed by atoms with Crippen LogP contribution in [0.1, 0.15) is 27.2 Å². The van der Waals surface area contributed by atoms with Crippen molar-refractivity contribution in [1.29, 1.82) is 0 Å². The zero-order valence-corrected chi connectivity index (χ0v) is 12.2. The van der Waals surface area contributed by atoms with Crippen LogP contribution in [-0.2, 0) is 0 Å². The van der Waals surface area contributed by atoms with E-state index in [0.717, 1.165) is 37.8 Å². The Bertz CT molecular complexity index is 393. The molecule has 0 saturated carbocycles. The second kappa shape index (κ2) is 6.19. The van der Waals surface area contributed by atoms with Crippen molar-refractivity contribution >= 4 is 11.6 Å². The van der Waals surface area contributed by atoms with Crippen LogP contribution < -0.4 is 16.0 Å². The molecule has 19 heavy (non-hydrogen) atoms. The van der Waals surface area contributed by atoms with E-state index in [4.69, 9.17) is 0 Å². The first-order valence-electron chi connectivity index (χ1n) is 7.03. The van der Waals surface area contributed by atoms with Gasteiger partial charge in [0.15, 0.2) is 0 Å². The molecule has 0 radical (unpaired) electrons. The van der Waals surface area contributed by atoms with Crippen molar-refractivity contribution < 1.29 is 0 Å². The first kappa shape index (κ1) is 14.1. The molecule has 2 rings (SSSR count). The molecule has 0 bridgehead atoms. The number of nitrogens with one attached hydrogen (secondary N) is 3. The van der Waals surface area contributed by atoms with Crippen LogP contribution in [0.25, 0.3) is 0 Å². The predicted octanol–water partition coefficient (Wildman–Crippen LogP) is 1.96. The second-order valence-corrected chi connectivity index (χ2v) is 6.44. The van der Waals surface area contributed by atoms with Gasteiger partial charge in [-0.1, -0.05) is 20.8 Å². The molecule has 1 fully saturated rings. The second-order valence-electron chi connectivity index (χ2n) is 6.44. The van der Waals surface area contributed by atoms with Gasteiger partial charge in [-0.25, -0.2) is 9.97 Å². The highest BCUT2D eigenvalue weighted by Crippen LogP contribution is 2.16. The van der Waals surface area contributed by atoms with Crippen molar-refractivity contribution in [2.75, 3.05) is 36.8 Å². The molecule has 1 aliphatic rings. The lowest BCUT2D eigenvalue weighted by atomic mass is 9.97. The van der Waals surface area contributed by atoms with Crippen LogP contribution in [0.4, 0.5) is 11.6 Å². The highest BCUT2D eigenvalue weighted by atomic mass is 15.1. The molecule has 1 saturated heterocycles. The summed E-state index contributed by atoms with van der Waals surface area (Å²) in [4.78, 5) is 8.51. The van der Waals surface area contributed by atoms with E-state index in [1.807, 2.05) is 6.07 Å². The molecule has 5 nitrogen and oxygen atoms in total. The van der Waals surface area contributed by atoms with Crippen LogP contribution in [0.2, 0.25) is 0 Å². The van der Waals surface area contributed by atoms with Crippen LogP contribution in [0.3, 0.4) is 0 Å². The Hall–Kier alpha value is -1.36. The standard InChI is InChI=1S/C14H25N5/c1-14(2,3)9-17-13-6-12(18-10-19-13)16-8-11-4-5-15-7-11/h6,10-11,15H,4-5,7-9H2,1-3H3,(H2,16,17,18,19). The van der Waals surface area contributed by atoms with Crippen LogP contribution in [0.15, 0.2) is 12.4 Å². The van der Waals surface area contributed by atoms with Crippen molar-refractivity contribution in [2.45, 2.75) is 27.2 Å². The summed E-state index contributed by atoms with van der Waals surface area (Å²) in [6.45, 7) is 10.7. The van der Waals surface area contributed by atoms with Crippen LogP contribution >= 0.6 is 0 Å². The van der Waals surface area contributed by atoms with Gasteiger partial charge in [-0.3, -0.25) is 0 Å². The van der Waals surface area contributed by atoms with Gasteiger partial charge in [-0.05, 0) is 30.8 Å². The molecule has 1 aromatic rings. The van der Waals surface area contributed by atoms with Crippen molar-refractivity contribution in [3.63, 3.8) is 0 Å². The van der Waals surface area contributed by atoms with Gasteiger partial charge >= 0.3 is 0 Å². The number of anilines is 2. The number of hydrogen-bond donors (Lipinski definition) is 3. The Kier molecular flexibility index (Phi) is 4.58. The van der Waals surface area contributed by atoms with E-state index in [-0.39, 0.29) is 5.41 Å². The maximum absolute atomic E-state index is 4.26. The first-order valence-corrected chi connectivity index (χ1v) is 7.03. The zero-order valence-electron chi connectivity index (χ0n) is 12.2. The van der Waals surface area contributed by atoms with Gasteiger partial charge in [-0.2, -0.15) is 0 Å². The van der Waals surface area contributed by atoms with Crippen molar-refractivity contribution in [2.24, 2.45) is 11.3 Å². The maximum Gasteiger partial charge on any atom is 0.131 e. The monoisotopic (exact) mass is 263 g/mol. The van der Waals surface area contributed by atoms with Gasteiger partial charge in [0, 0.05) is 19.2 Å². The molecule has 0 aromatic carbocycles. The molecule has 0 spiro atoms. The minimum atomic E-state index is 0.244.